The van der Waals surface area contributed by atoms with Crippen LogP contribution in [-0.4, -0.2) is 42.8 Å². The van der Waals surface area contributed by atoms with E-state index >= 15 is 0 Å². The maximum Gasteiger partial charge on any atom is 0.0594 e. The van der Waals surface area contributed by atoms with E-state index in [1.54, 1.807) is 6.07 Å². The molecule has 0 bridgehead atoms. The van der Waals surface area contributed by atoms with E-state index in [9.17, 15) is 0 Å². The third kappa shape index (κ3) is 3.66. The van der Waals surface area contributed by atoms with Crippen LogP contribution in [0.4, 0.5) is 0 Å². The lowest BCUT2D eigenvalue weighted by atomic mass is 9.88. The zero-order chi connectivity index (χ0) is 14.8. The van der Waals surface area contributed by atoms with Gasteiger partial charge in [-0.05, 0) is 38.0 Å². The molecule has 1 aliphatic rings. The highest BCUT2D eigenvalue weighted by atomic mass is 35.5. The van der Waals surface area contributed by atoms with Crippen molar-refractivity contribution in [1.82, 2.24) is 4.90 Å². The monoisotopic (exact) mass is 316 g/mol. The molecule has 1 aromatic rings. The Hall–Kier alpha value is -0.320. The first-order valence-electron chi connectivity index (χ1n) is 6.93. The molecule has 20 heavy (non-hydrogen) atoms. The van der Waals surface area contributed by atoms with Crippen LogP contribution in [0.3, 0.4) is 0 Å². The van der Waals surface area contributed by atoms with Crippen LogP contribution in [0.5, 0.6) is 0 Å². The zero-order valence-corrected chi connectivity index (χ0v) is 13.5. The molecule has 0 aliphatic carbocycles. The molecule has 5 heteroatoms. The lowest BCUT2D eigenvalue weighted by Gasteiger charge is -2.44. The van der Waals surface area contributed by atoms with Crippen LogP contribution >= 0.6 is 23.2 Å². The molecule has 0 spiro atoms. The van der Waals surface area contributed by atoms with Crippen molar-refractivity contribution in [1.29, 1.82) is 0 Å². The first kappa shape index (κ1) is 16.1. The highest BCUT2D eigenvalue weighted by Crippen LogP contribution is 2.26. The maximum atomic E-state index is 6.45. The van der Waals surface area contributed by atoms with E-state index in [1.807, 2.05) is 12.1 Å². The van der Waals surface area contributed by atoms with Crippen LogP contribution in [0.25, 0.3) is 0 Å². The fraction of sp³-hybridized carbons (Fsp3) is 0.600. The molecule has 0 aromatic heterocycles. The molecule has 1 fully saturated rings. The van der Waals surface area contributed by atoms with Gasteiger partial charge in [0.15, 0.2) is 0 Å². The van der Waals surface area contributed by atoms with Crippen molar-refractivity contribution >= 4 is 23.2 Å². The Balaban J connectivity index is 2.07. The van der Waals surface area contributed by atoms with Crippen molar-refractivity contribution in [2.24, 2.45) is 5.73 Å². The molecule has 0 amide bonds. The number of halogens is 2. The maximum absolute atomic E-state index is 6.45. The number of benzene rings is 1. The molecule has 1 aliphatic heterocycles. The lowest BCUT2D eigenvalue weighted by molar-refractivity contribution is -0.0186. The number of hydrogen-bond donors (Lipinski definition) is 1. The molecular weight excluding hydrogens is 295 g/mol. The Labute approximate surface area is 131 Å². The fourth-order valence-electron chi connectivity index (χ4n) is 2.55. The topological polar surface area (TPSA) is 38.5 Å². The smallest absolute Gasteiger partial charge is 0.0594 e. The number of ether oxygens (including phenoxy) is 1. The summed E-state index contributed by atoms with van der Waals surface area (Å²) in [7, 11) is 0. The standard InChI is InChI=1S/C15H22Cl2N2O/c1-15(2,19-5-7-20-8-6-19)14(18)9-11-3-4-12(16)10-13(11)17/h3-4,10,14H,5-9,18H2,1-2H3. The third-order valence-corrected chi connectivity index (χ3v) is 4.78. The Morgan fingerprint density at radius 2 is 1.95 bits per heavy atom. The van der Waals surface area contributed by atoms with Crippen molar-refractivity contribution in [2.45, 2.75) is 31.8 Å². The highest BCUT2D eigenvalue weighted by Gasteiger charge is 2.34. The van der Waals surface area contributed by atoms with Gasteiger partial charge in [-0.1, -0.05) is 29.3 Å². The van der Waals surface area contributed by atoms with Gasteiger partial charge in [0, 0.05) is 34.7 Å². The van der Waals surface area contributed by atoms with Gasteiger partial charge in [0.25, 0.3) is 0 Å². The van der Waals surface area contributed by atoms with E-state index in [0.29, 0.717) is 10.0 Å². The zero-order valence-electron chi connectivity index (χ0n) is 12.0. The van der Waals surface area contributed by atoms with E-state index in [2.05, 4.69) is 18.7 Å². The molecule has 1 aromatic carbocycles. The molecule has 1 unspecified atom stereocenters. The van der Waals surface area contributed by atoms with E-state index in [1.165, 1.54) is 0 Å². The highest BCUT2D eigenvalue weighted by molar-refractivity contribution is 6.35. The Morgan fingerprint density at radius 1 is 1.30 bits per heavy atom. The van der Waals surface area contributed by atoms with Crippen molar-refractivity contribution in [3.8, 4) is 0 Å². The first-order chi connectivity index (χ1) is 9.41. The summed E-state index contributed by atoms with van der Waals surface area (Å²) in [6, 6.07) is 5.59. The summed E-state index contributed by atoms with van der Waals surface area (Å²) in [6.07, 6.45) is 0.736. The molecule has 0 radical (unpaired) electrons. The molecule has 2 rings (SSSR count). The van der Waals surface area contributed by atoms with Crippen molar-refractivity contribution in [3.05, 3.63) is 33.8 Å². The second-order valence-electron chi connectivity index (χ2n) is 5.80. The average molecular weight is 317 g/mol. The van der Waals surface area contributed by atoms with E-state index in [4.69, 9.17) is 33.7 Å². The first-order valence-corrected chi connectivity index (χ1v) is 7.69. The minimum absolute atomic E-state index is 0.000671. The van der Waals surface area contributed by atoms with Gasteiger partial charge in [0.2, 0.25) is 0 Å². The summed E-state index contributed by atoms with van der Waals surface area (Å²) in [5.74, 6) is 0. The van der Waals surface area contributed by atoms with Gasteiger partial charge >= 0.3 is 0 Å². The molecule has 3 nitrogen and oxygen atoms in total. The largest absolute Gasteiger partial charge is 0.379 e. The van der Waals surface area contributed by atoms with Crippen LogP contribution in [-0.2, 0) is 11.2 Å². The summed E-state index contributed by atoms with van der Waals surface area (Å²) in [4.78, 5) is 2.39. The summed E-state index contributed by atoms with van der Waals surface area (Å²) in [5, 5.41) is 1.34. The van der Waals surface area contributed by atoms with Crippen LogP contribution in [0.1, 0.15) is 19.4 Å². The minimum atomic E-state index is -0.0905. The molecule has 1 atom stereocenters. The van der Waals surface area contributed by atoms with E-state index in [-0.39, 0.29) is 11.6 Å². The number of hydrogen-bond acceptors (Lipinski definition) is 3. The van der Waals surface area contributed by atoms with E-state index < -0.39 is 0 Å². The third-order valence-electron chi connectivity index (χ3n) is 4.19. The molecular formula is C15H22Cl2N2O. The van der Waals surface area contributed by atoms with Gasteiger partial charge < -0.3 is 10.5 Å². The van der Waals surface area contributed by atoms with Gasteiger partial charge in [-0.25, -0.2) is 0 Å². The molecule has 1 saturated heterocycles. The quantitative estimate of drug-likeness (QED) is 0.928. The average Bonchev–Trinajstić information content (AvgIpc) is 2.42. The normalized spacial score (nSPS) is 19.1. The van der Waals surface area contributed by atoms with Crippen molar-refractivity contribution in [3.63, 3.8) is 0 Å². The number of nitrogens with two attached hydrogens (primary N) is 1. The summed E-state index contributed by atoms with van der Waals surface area (Å²) in [5.41, 5.74) is 7.40. The van der Waals surface area contributed by atoms with Gasteiger partial charge in [-0.15, -0.1) is 0 Å². The number of nitrogens with zero attached hydrogens (tertiary/aromatic N) is 1. The molecule has 1 heterocycles. The van der Waals surface area contributed by atoms with Crippen LogP contribution in [0, 0.1) is 0 Å². The predicted molar refractivity (Wildman–Crippen MR) is 84.6 cm³/mol. The molecule has 0 saturated carbocycles. The number of rotatable bonds is 4. The van der Waals surface area contributed by atoms with Crippen LogP contribution in [0.15, 0.2) is 18.2 Å². The summed E-state index contributed by atoms with van der Waals surface area (Å²) in [6.45, 7) is 7.78. The number of morpholine rings is 1. The van der Waals surface area contributed by atoms with Crippen LogP contribution in [0.2, 0.25) is 10.0 Å². The molecule has 112 valence electrons. The van der Waals surface area contributed by atoms with Gasteiger partial charge in [0.1, 0.15) is 0 Å². The van der Waals surface area contributed by atoms with Gasteiger partial charge in [0.05, 0.1) is 13.2 Å². The lowest BCUT2D eigenvalue weighted by Crippen LogP contribution is -2.59. The van der Waals surface area contributed by atoms with Gasteiger partial charge in [-0.2, -0.15) is 0 Å². The predicted octanol–water partition coefficient (Wildman–Crippen LogP) is 2.97. The Morgan fingerprint density at radius 3 is 2.55 bits per heavy atom. The van der Waals surface area contributed by atoms with Crippen molar-refractivity contribution in [2.75, 3.05) is 26.3 Å². The van der Waals surface area contributed by atoms with Crippen molar-refractivity contribution < 1.29 is 4.74 Å². The van der Waals surface area contributed by atoms with Gasteiger partial charge in [-0.3, -0.25) is 4.90 Å². The molecule has 2 N–H and O–H groups in total. The fourth-order valence-corrected chi connectivity index (χ4v) is 3.03. The van der Waals surface area contributed by atoms with Crippen LogP contribution < -0.4 is 5.73 Å². The second kappa shape index (κ2) is 6.63. The second-order valence-corrected chi connectivity index (χ2v) is 6.64. The Kier molecular flexibility index (Phi) is 5.32. The minimum Gasteiger partial charge on any atom is -0.379 e. The SMILES string of the molecule is CC(C)(C(N)Cc1ccc(Cl)cc1Cl)N1CCOCC1. The van der Waals surface area contributed by atoms with E-state index in [0.717, 1.165) is 38.3 Å². The summed E-state index contributed by atoms with van der Waals surface area (Å²) < 4.78 is 5.41. The Bertz CT molecular complexity index is 459. The summed E-state index contributed by atoms with van der Waals surface area (Å²) >= 11 is 12.2.